The van der Waals surface area contributed by atoms with E-state index in [0.29, 0.717) is 12.2 Å². The molecule has 0 radical (unpaired) electrons. The third-order valence-electron chi connectivity index (χ3n) is 2.79. The van der Waals surface area contributed by atoms with Crippen molar-refractivity contribution in [3.63, 3.8) is 0 Å². The maximum absolute atomic E-state index is 5.97. The molecule has 3 aromatic rings. The Kier molecular flexibility index (Phi) is 2.57. The highest BCUT2D eigenvalue weighted by Gasteiger charge is 2.06. The molecular formula is C13H13N5. The number of imidazole rings is 1. The van der Waals surface area contributed by atoms with Gasteiger partial charge in [0.05, 0.1) is 29.6 Å². The second-order valence-electron chi connectivity index (χ2n) is 4.00. The number of nitrogen functional groups attached to an aromatic ring is 1. The van der Waals surface area contributed by atoms with Crippen LogP contribution in [0.2, 0.25) is 0 Å². The molecule has 3 rings (SSSR count). The van der Waals surface area contributed by atoms with Gasteiger partial charge < -0.3 is 16.0 Å². The smallest absolute Gasteiger partial charge is 0.125 e. The van der Waals surface area contributed by atoms with E-state index in [1.54, 1.807) is 18.6 Å². The monoisotopic (exact) mass is 239 g/mol. The molecule has 2 heterocycles. The van der Waals surface area contributed by atoms with Crippen LogP contribution >= 0.6 is 0 Å². The highest BCUT2D eigenvalue weighted by molar-refractivity contribution is 5.96. The lowest BCUT2D eigenvalue weighted by atomic mass is 10.1. The zero-order valence-corrected chi connectivity index (χ0v) is 9.72. The lowest BCUT2D eigenvalue weighted by molar-refractivity contribution is 1.00. The van der Waals surface area contributed by atoms with Crippen LogP contribution in [0, 0.1) is 0 Å². The number of nitrogens with one attached hydrogen (secondary N) is 2. The number of fused-ring (bicyclic) bond motifs is 1. The quantitative estimate of drug-likeness (QED) is 0.654. The standard InChI is InChI=1S/C13H13N5/c14-10-7-17-11-4-2-1-3-9(11)13(10)18-8-12-15-5-6-16-12/h1-7H,8,14H2,(H,15,16)(H,17,18). The Balaban J connectivity index is 1.97. The molecule has 0 bridgehead atoms. The van der Waals surface area contributed by atoms with E-state index in [1.807, 2.05) is 24.3 Å². The molecule has 0 saturated carbocycles. The predicted molar refractivity (Wildman–Crippen MR) is 72.1 cm³/mol. The molecule has 4 N–H and O–H groups in total. The minimum Gasteiger partial charge on any atom is -0.396 e. The molecule has 0 unspecified atom stereocenters. The van der Waals surface area contributed by atoms with Gasteiger partial charge in [0, 0.05) is 17.8 Å². The fraction of sp³-hybridized carbons (Fsp3) is 0.0769. The number of hydrogen-bond donors (Lipinski definition) is 3. The number of nitrogens with zero attached hydrogens (tertiary/aromatic N) is 2. The number of benzene rings is 1. The van der Waals surface area contributed by atoms with Crippen molar-refractivity contribution in [2.24, 2.45) is 0 Å². The van der Waals surface area contributed by atoms with Crippen LogP contribution in [0.5, 0.6) is 0 Å². The van der Waals surface area contributed by atoms with Gasteiger partial charge in [0.1, 0.15) is 5.82 Å². The van der Waals surface area contributed by atoms with Crippen LogP contribution in [0.1, 0.15) is 5.82 Å². The molecule has 2 aromatic heterocycles. The molecule has 0 atom stereocenters. The number of aromatic nitrogens is 3. The lowest BCUT2D eigenvalue weighted by Gasteiger charge is -2.11. The molecule has 0 amide bonds. The number of aromatic amines is 1. The van der Waals surface area contributed by atoms with Crippen LogP contribution in [-0.2, 0) is 6.54 Å². The van der Waals surface area contributed by atoms with Gasteiger partial charge in [0.2, 0.25) is 0 Å². The average molecular weight is 239 g/mol. The molecular weight excluding hydrogens is 226 g/mol. The third-order valence-corrected chi connectivity index (χ3v) is 2.79. The van der Waals surface area contributed by atoms with Crippen molar-refractivity contribution in [1.82, 2.24) is 15.0 Å². The Bertz CT molecular complexity index is 660. The summed E-state index contributed by atoms with van der Waals surface area (Å²) < 4.78 is 0. The van der Waals surface area contributed by atoms with Crippen LogP contribution in [0.15, 0.2) is 42.9 Å². The summed E-state index contributed by atoms with van der Waals surface area (Å²) in [6.07, 6.45) is 5.20. The molecule has 0 spiro atoms. The first-order chi connectivity index (χ1) is 8.84. The maximum Gasteiger partial charge on any atom is 0.125 e. The van der Waals surface area contributed by atoms with Crippen LogP contribution < -0.4 is 11.1 Å². The van der Waals surface area contributed by atoms with Crippen molar-refractivity contribution in [2.75, 3.05) is 11.1 Å². The van der Waals surface area contributed by atoms with E-state index in [-0.39, 0.29) is 0 Å². The topological polar surface area (TPSA) is 79.6 Å². The van der Waals surface area contributed by atoms with E-state index < -0.39 is 0 Å². The predicted octanol–water partition coefficient (Wildman–Crippen LogP) is 2.15. The maximum atomic E-state index is 5.97. The molecule has 5 nitrogen and oxygen atoms in total. The molecule has 0 aliphatic heterocycles. The Morgan fingerprint density at radius 1 is 1.22 bits per heavy atom. The highest BCUT2D eigenvalue weighted by atomic mass is 15.0. The van der Waals surface area contributed by atoms with Crippen LogP contribution in [0.4, 0.5) is 11.4 Å². The Morgan fingerprint density at radius 2 is 2.11 bits per heavy atom. The van der Waals surface area contributed by atoms with Gasteiger partial charge in [-0.15, -0.1) is 0 Å². The second kappa shape index (κ2) is 4.37. The van der Waals surface area contributed by atoms with Gasteiger partial charge in [0.15, 0.2) is 0 Å². The zero-order chi connectivity index (χ0) is 12.4. The largest absolute Gasteiger partial charge is 0.396 e. The molecule has 0 aliphatic rings. The highest BCUT2D eigenvalue weighted by Crippen LogP contribution is 2.27. The summed E-state index contributed by atoms with van der Waals surface area (Å²) in [6.45, 7) is 0.602. The van der Waals surface area contributed by atoms with Crippen molar-refractivity contribution in [3.8, 4) is 0 Å². The van der Waals surface area contributed by atoms with Crippen molar-refractivity contribution in [3.05, 3.63) is 48.7 Å². The SMILES string of the molecule is Nc1cnc2ccccc2c1NCc1ncc[nH]1. The molecule has 90 valence electrons. The summed E-state index contributed by atoms with van der Waals surface area (Å²) in [5, 5.41) is 4.32. The number of anilines is 2. The van der Waals surface area contributed by atoms with Crippen molar-refractivity contribution in [1.29, 1.82) is 0 Å². The molecule has 18 heavy (non-hydrogen) atoms. The van der Waals surface area contributed by atoms with Crippen molar-refractivity contribution < 1.29 is 0 Å². The summed E-state index contributed by atoms with van der Waals surface area (Å²) in [5.74, 6) is 0.871. The average Bonchev–Trinajstić information content (AvgIpc) is 2.91. The first-order valence-electron chi connectivity index (χ1n) is 5.70. The van der Waals surface area contributed by atoms with Gasteiger partial charge in [-0.1, -0.05) is 18.2 Å². The number of rotatable bonds is 3. The van der Waals surface area contributed by atoms with Gasteiger partial charge in [-0.2, -0.15) is 0 Å². The van der Waals surface area contributed by atoms with E-state index in [1.165, 1.54) is 0 Å². The van der Waals surface area contributed by atoms with Gasteiger partial charge in [-0.3, -0.25) is 4.98 Å². The van der Waals surface area contributed by atoms with Gasteiger partial charge in [-0.05, 0) is 6.07 Å². The minimum absolute atomic E-state index is 0.602. The minimum atomic E-state index is 0.602. The van der Waals surface area contributed by atoms with Crippen LogP contribution in [-0.4, -0.2) is 15.0 Å². The summed E-state index contributed by atoms with van der Waals surface area (Å²) >= 11 is 0. The zero-order valence-electron chi connectivity index (χ0n) is 9.72. The normalized spacial score (nSPS) is 10.7. The summed E-state index contributed by atoms with van der Waals surface area (Å²) in [7, 11) is 0. The van der Waals surface area contributed by atoms with E-state index >= 15 is 0 Å². The first kappa shape index (κ1) is 10.6. The van der Waals surface area contributed by atoms with E-state index in [2.05, 4.69) is 20.3 Å². The van der Waals surface area contributed by atoms with E-state index in [4.69, 9.17) is 5.73 Å². The molecule has 1 aromatic carbocycles. The lowest BCUT2D eigenvalue weighted by Crippen LogP contribution is -2.05. The Morgan fingerprint density at radius 3 is 2.94 bits per heavy atom. The number of para-hydroxylation sites is 1. The number of nitrogens with two attached hydrogens (primary N) is 1. The Labute approximate surface area is 104 Å². The van der Waals surface area contributed by atoms with E-state index in [9.17, 15) is 0 Å². The molecule has 5 heteroatoms. The molecule has 0 saturated heterocycles. The van der Waals surface area contributed by atoms with Crippen molar-refractivity contribution in [2.45, 2.75) is 6.54 Å². The fourth-order valence-electron chi connectivity index (χ4n) is 1.92. The van der Waals surface area contributed by atoms with Crippen LogP contribution in [0.25, 0.3) is 10.9 Å². The molecule has 0 aliphatic carbocycles. The van der Waals surface area contributed by atoms with E-state index in [0.717, 1.165) is 22.4 Å². The molecule has 0 fully saturated rings. The number of pyridine rings is 1. The summed E-state index contributed by atoms with van der Waals surface area (Å²) in [5.41, 5.74) is 8.43. The Hall–Kier alpha value is -2.56. The number of H-pyrrole nitrogens is 1. The summed E-state index contributed by atoms with van der Waals surface area (Å²) in [6, 6.07) is 7.90. The first-order valence-corrected chi connectivity index (χ1v) is 5.70. The van der Waals surface area contributed by atoms with Crippen LogP contribution in [0.3, 0.4) is 0 Å². The summed E-state index contributed by atoms with van der Waals surface area (Å²) in [4.78, 5) is 11.5. The van der Waals surface area contributed by atoms with Gasteiger partial charge in [0.25, 0.3) is 0 Å². The third kappa shape index (κ3) is 1.86. The second-order valence-corrected chi connectivity index (χ2v) is 4.00. The van der Waals surface area contributed by atoms with Gasteiger partial charge >= 0.3 is 0 Å². The van der Waals surface area contributed by atoms with Crippen molar-refractivity contribution >= 4 is 22.3 Å². The fourth-order valence-corrected chi connectivity index (χ4v) is 1.92. The number of hydrogen-bond acceptors (Lipinski definition) is 4. The van der Waals surface area contributed by atoms with Gasteiger partial charge in [-0.25, -0.2) is 4.98 Å².